The van der Waals surface area contributed by atoms with Gasteiger partial charge in [0, 0.05) is 10.9 Å². The van der Waals surface area contributed by atoms with Crippen LogP contribution in [-0.2, 0) is 0 Å². The third-order valence-electron chi connectivity index (χ3n) is 1.51. The van der Waals surface area contributed by atoms with E-state index in [1.54, 1.807) is 11.3 Å². The molecule has 0 saturated heterocycles. The minimum Gasteiger partial charge on any atom is -0.295 e. The molecule has 1 aromatic heterocycles. The molecule has 0 saturated carbocycles. The second-order valence-corrected chi connectivity index (χ2v) is 5.52. The lowest BCUT2D eigenvalue weighted by atomic mass is 10.2. The molecular formula is C9H11BrN2S. The zero-order valence-electron chi connectivity index (χ0n) is 7.54. The summed E-state index contributed by atoms with van der Waals surface area (Å²) in [6, 6.07) is 6.32. The molecule has 0 aromatic carbocycles. The third kappa shape index (κ3) is 3.11. The highest BCUT2D eigenvalue weighted by Crippen LogP contribution is 2.27. The molecular weight excluding hydrogens is 248 g/mol. The molecule has 1 aromatic rings. The molecule has 70 valence electrons. The molecule has 1 rings (SSSR count). The summed E-state index contributed by atoms with van der Waals surface area (Å²) >= 11 is 4.97. The minimum atomic E-state index is -0.184. The van der Waals surface area contributed by atoms with Gasteiger partial charge in [-0.3, -0.25) is 5.32 Å². The molecule has 0 bridgehead atoms. The molecule has 0 amide bonds. The second kappa shape index (κ2) is 4.75. The Morgan fingerprint density at radius 2 is 2.23 bits per heavy atom. The summed E-state index contributed by atoms with van der Waals surface area (Å²) in [5.41, 5.74) is 0. The fourth-order valence-corrected chi connectivity index (χ4v) is 2.43. The van der Waals surface area contributed by atoms with Gasteiger partial charge in [-0.05, 0) is 41.9 Å². The predicted molar refractivity (Wildman–Crippen MR) is 58.6 cm³/mol. The van der Waals surface area contributed by atoms with Crippen molar-refractivity contribution in [1.82, 2.24) is 5.32 Å². The number of nitrogens with zero attached hydrogens (tertiary/aromatic N) is 1. The molecule has 0 aliphatic heterocycles. The van der Waals surface area contributed by atoms with Crippen LogP contribution in [0.25, 0.3) is 0 Å². The number of thiophene rings is 1. The van der Waals surface area contributed by atoms with Crippen LogP contribution in [0.1, 0.15) is 24.8 Å². The number of hydrogen-bond donors (Lipinski definition) is 1. The van der Waals surface area contributed by atoms with Crippen LogP contribution in [0, 0.1) is 11.3 Å². The van der Waals surface area contributed by atoms with Crippen molar-refractivity contribution in [3.63, 3.8) is 0 Å². The summed E-state index contributed by atoms with van der Waals surface area (Å²) in [6.45, 7) is 4.07. The van der Waals surface area contributed by atoms with Crippen LogP contribution >= 0.6 is 27.3 Å². The van der Waals surface area contributed by atoms with Crippen molar-refractivity contribution in [2.75, 3.05) is 0 Å². The van der Waals surface area contributed by atoms with Crippen LogP contribution in [-0.4, -0.2) is 6.04 Å². The van der Waals surface area contributed by atoms with Crippen molar-refractivity contribution in [1.29, 1.82) is 5.26 Å². The van der Waals surface area contributed by atoms with Crippen molar-refractivity contribution in [2.45, 2.75) is 25.9 Å². The fraction of sp³-hybridized carbons (Fsp3) is 0.444. The SMILES string of the molecule is CC(C)NC(C#N)c1ccc(Br)s1. The lowest BCUT2D eigenvalue weighted by Crippen LogP contribution is -2.26. The van der Waals surface area contributed by atoms with Crippen molar-refractivity contribution < 1.29 is 0 Å². The maximum Gasteiger partial charge on any atom is 0.130 e. The fourth-order valence-electron chi connectivity index (χ4n) is 1.000. The summed E-state index contributed by atoms with van der Waals surface area (Å²) < 4.78 is 1.06. The summed E-state index contributed by atoms with van der Waals surface area (Å²) in [5.74, 6) is 0. The molecule has 0 spiro atoms. The first-order valence-corrected chi connectivity index (χ1v) is 5.65. The van der Waals surface area contributed by atoms with Gasteiger partial charge in [0.2, 0.25) is 0 Å². The topological polar surface area (TPSA) is 35.8 Å². The third-order valence-corrected chi connectivity index (χ3v) is 3.20. The Morgan fingerprint density at radius 3 is 2.62 bits per heavy atom. The van der Waals surface area contributed by atoms with E-state index in [2.05, 4.69) is 27.3 Å². The molecule has 1 atom stereocenters. The van der Waals surface area contributed by atoms with Crippen LogP contribution in [0.5, 0.6) is 0 Å². The largest absolute Gasteiger partial charge is 0.295 e. The molecule has 0 aliphatic rings. The predicted octanol–water partition coefficient (Wildman–Crippen LogP) is 3.07. The van der Waals surface area contributed by atoms with Crippen LogP contribution in [0.4, 0.5) is 0 Å². The first-order valence-electron chi connectivity index (χ1n) is 4.04. The van der Waals surface area contributed by atoms with Crippen LogP contribution in [0.2, 0.25) is 0 Å². The van der Waals surface area contributed by atoms with E-state index in [1.165, 1.54) is 0 Å². The van der Waals surface area contributed by atoms with Crippen LogP contribution in [0.3, 0.4) is 0 Å². The second-order valence-electron chi connectivity index (χ2n) is 3.03. The standard InChI is InChI=1S/C9H11BrN2S/c1-6(2)12-7(5-11)8-3-4-9(10)13-8/h3-4,6-7,12H,1-2H3. The van der Waals surface area contributed by atoms with Gasteiger partial charge in [0.1, 0.15) is 6.04 Å². The highest BCUT2D eigenvalue weighted by Gasteiger charge is 2.12. The zero-order chi connectivity index (χ0) is 9.84. The van der Waals surface area contributed by atoms with E-state index in [9.17, 15) is 0 Å². The van der Waals surface area contributed by atoms with Crippen molar-refractivity contribution >= 4 is 27.3 Å². The number of halogens is 1. The van der Waals surface area contributed by atoms with E-state index < -0.39 is 0 Å². The molecule has 0 fully saturated rings. The molecule has 0 aliphatic carbocycles. The Labute approximate surface area is 90.7 Å². The van der Waals surface area contributed by atoms with Crippen LogP contribution in [0.15, 0.2) is 15.9 Å². The summed E-state index contributed by atoms with van der Waals surface area (Å²) in [4.78, 5) is 1.06. The van der Waals surface area contributed by atoms with Gasteiger partial charge in [0.15, 0.2) is 0 Å². The Bertz CT molecular complexity index is 314. The molecule has 0 radical (unpaired) electrons. The van der Waals surface area contributed by atoms with Gasteiger partial charge >= 0.3 is 0 Å². The molecule has 1 unspecified atom stereocenters. The Hall–Kier alpha value is -0.370. The molecule has 4 heteroatoms. The number of nitrogens with one attached hydrogen (secondary N) is 1. The monoisotopic (exact) mass is 258 g/mol. The minimum absolute atomic E-state index is 0.184. The Kier molecular flexibility index (Phi) is 3.91. The molecule has 13 heavy (non-hydrogen) atoms. The lowest BCUT2D eigenvalue weighted by molar-refractivity contribution is 0.551. The molecule has 2 nitrogen and oxygen atoms in total. The Balaban J connectivity index is 2.74. The highest BCUT2D eigenvalue weighted by molar-refractivity contribution is 9.11. The van der Waals surface area contributed by atoms with E-state index in [1.807, 2.05) is 26.0 Å². The van der Waals surface area contributed by atoms with Gasteiger partial charge in [-0.15, -0.1) is 11.3 Å². The van der Waals surface area contributed by atoms with E-state index >= 15 is 0 Å². The van der Waals surface area contributed by atoms with E-state index in [0.717, 1.165) is 8.66 Å². The Morgan fingerprint density at radius 1 is 1.54 bits per heavy atom. The molecule has 1 N–H and O–H groups in total. The summed E-state index contributed by atoms with van der Waals surface area (Å²) in [5, 5.41) is 12.1. The van der Waals surface area contributed by atoms with E-state index in [-0.39, 0.29) is 6.04 Å². The quantitative estimate of drug-likeness (QED) is 0.905. The van der Waals surface area contributed by atoms with Gasteiger partial charge in [-0.1, -0.05) is 0 Å². The number of nitriles is 1. The average molecular weight is 259 g/mol. The van der Waals surface area contributed by atoms with Gasteiger partial charge in [0.25, 0.3) is 0 Å². The average Bonchev–Trinajstić information content (AvgIpc) is 2.47. The molecule has 1 heterocycles. The highest BCUT2D eigenvalue weighted by atomic mass is 79.9. The smallest absolute Gasteiger partial charge is 0.130 e. The van der Waals surface area contributed by atoms with E-state index in [4.69, 9.17) is 5.26 Å². The van der Waals surface area contributed by atoms with E-state index in [0.29, 0.717) is 6.04 Å². The van der Waals surface area contributed by atoms with Gasteiger partial charge < -0.3 is 0 Å². The van der Waals surface area contributed by atoms with Crippen LogP contribution < -0.4 is 5.32 Å². The maximum absolute atomic E-state index is 8.92. The first-order chi connectivity index (χ1) is 6.13. The van der Waals surface area contributed by atoms with Gasteiger partial charge in [-0.2, -0.15) is 5.26 Å². The zero-order valence-corrected chi connectivity index (χ0v) is 9.95. The number of hydrogen-bond acceptors (Lipinski definition) is 3. The van der Waals surface area contributed by atoms with Gasteiger partial charge in [0.05, 0.1) is 9.86 Å². The van der Waals surface area contributed by atoms with Crippen molar-refractivity contribution in [3.8, 4) is 6.07 Å². The van der Waals surface area contributed by atoms with Crippen molar-refractivity contribution in [3.05, 3.63) is 20.8 Å². The number of rotatable bonds is 3. The summed E-state index contributed by atoms with van der Waals surface area (Å²) in [6.07, 6.45) is 0. The van der Waals surface area contributed by atoms with Crippen molar-refractivity contribution in [2.24, 2.45) is 0 Å². The van der Waals surface area contributed by atoms with Gasteiger partial charge in [-0.25, -0.2) is 0 Å². The maximum atomic E-state index is 8.92. The normalized spacial score (nSPS) is 12.8. The first kappa shape index (κ1) is 10.7. The lowest BCUT2D eigenvalue weighted by Gasteiger charge is -2.12. The summed E-state index contributed by atoms with van der Waals surface area (Å²) in [7, 11) is 0.